The fourth-order valence-electron chi connectivity index (χ4n) is 4.14. The van der Waals surface area contributed by atoms with Crippen LogP contribution in [0.5, 0.6) is 17.2 Å². The van der Waals surface area contributed by atoms with Crippen LogP contribution >= 0.6 is 11.3 Å². The number of aromatic hydroxyl groups is 1. The lowest BCUT2D eigenvalue weighted by Crippen LogP contribution is -2.31. The number of hydrogen-bond acceptors (Lipinski definition) is 8. The van der Waals surface area contributed by atoms with Gasteiger partial charge in [-0.1, -0.05) is 12.1 Å². The van der Waals surface area contributed by atoms with E-state index in [0.717, 1.165) is 0 Å². The van der Waals surface area contributed by atoms with Crippen LogP contribution in [0.2, 0.25) is 0 Å². The van der Waals surface area contributed by atoms with Crippen LogP contribution in [-0.2, 0) is 4.79 Å². The number of aromatic nitrogens is 1. The van der Waals surface area contributed by atoms with Crippen molar-refractivity contribution >= 4 is 28.7 Å². The molecule has 0 saturated heterocycles. The second-order valence-corrected chi connectivity index (χ2v) is 9.11. The first-order chi connectivity index (χ1) is 16.8. The monoisotopic (exact) mass is 494 g/mol. The summed E-state index contributed by atoms with van der Waals surface area (Å²) in [6, 6.07) is 10.5. The van der Waals surface area contributed by atoms with Gasteiger partial charge in [-0.05, 0) is 57.5 Å². The highest BCUT2D eigenvalue weighted by molar-refractivity contribution is 7.14. The largest absolute Gasteiger partial charge is 0.504 e. The number of ether oxygens (including phenoxy) is 2. The fourth-order valence-corrected chi connectivity index (χ4v) is 5.02. The molecule has 35 heavy (non-hydrogen) atoms. The Morgan fingerprint density at radius 1 is 1.09 bits per heavy atom. The molecule has 0 aliphatic carbocycles. The number of anilines is 1. The molecule has 2 heterocycles. The Bertz CT molecular complexity index is 1330. The number of nitrogens with zero attached hydrogens (tertiary/aromatic N) is 2. The average molecular weight is 495 g/mol. The highest BCUT2D eigenvalue weighted by atomic mass is 32.1. The Morgan fingerprint density at radius 2 is 1.83 bits per heavy atom. The molecule has 0 spiro atoms. The summed E-state index contributed by atoms with van der Waals surface area (Å²) in [7, 11) is 0. The molecule has 2 N–H and O–H groups in total. The summed E-state index contributed by atoms with van der Waals surface area (Å²) in [6.07, 6.45) is 0. The minimum absolute atomic E-state index is 0.0586. The number of Topliss-reactive ketones (excluding diaryl/α,β-unsaturated/α-hetero) is 1. The maximum absolute atomic E-state index is 13.7. The van der Waals surface area contributed by atoms with Gasteiger partial charge < -0.3 is 19.7 Å². The molecule has 0 saturated carbocycles. The van der Waals surface area contributed by atoms with Crippen LogP contribution < -0.4 is 14.4 Å². The minimum atomic E-state index is -0.964. The predicted octanol–water partition coefficient (Wildman–Crippen LogP) is 5.05. The normalized spacial score (nSPS) is 15.6. The van der Waals surface area contributed by atoms with Gasteiger partial charge in [0.05, 0.1) is 40.4 Å². The van der Waals surface area contributed by atoms with E-state index in [-0.39, 0.29) is 17.1 Å². The smallest absolute Gasteiger partial charge is 0.294 e. The van der Waals surface area contributed by atoms with Crippen molar-refractivity contribution in [2.75, 3.05) is 18.1 Å². The Labute approximate surface area is 207 Å². The molecule has 1 aliphatic heterocycles. The molecule has 0 radical (unpaired) electrons. The summed E-state index contributed by atoms with van der Waals surface area (Å²) in [6.45, 7) is 7.90. The summed E-state index contributed by atoms with van der Waals surface area (Å²) in [5.41, 5.74) is 1.41. The van der Waals surface area contributed by atoms with E-state index >= 15 is 0 Å². The van der Waals surface area contributed by atoms with Crippen LogP contribution in [-0.4, -0.2) is 40.1 Å². The first-order valence-electron chi connectivity index (χ1n) is 11.2. The Balaban J connectivity index is 1.90. The van der Waals surface area contributed by atoms with Gasteiger partial charge >= 0.3 is 0 Å². The summed E-state index contributed by atoms with van der Waals surface area (Å²) in [4.78, 5) is 33.2. The zero-order valence-electron chi connectivity index (χ0n) is 19.9. The first-order valence-corrected chi connectivity index (χ1v) is 12.0. The minimum Gasteiger partial charge on any atom is -0.504 e. The molecule has 1 aromatic heterocycles. The van der Waals surface area contributed by atoms with Gasteiger partial charge in [-0.2, -0.15) is 0 Å². The highest BCUT2D eigenvalue weighted by Gasteiger charge is 2.45. The number of aliphatic hydroxyl groups excluding tert-OH is 1. The number of hydrogen-bond donors (Lipinski definition) is 2. The number of rotatable bonds is 8. The third kappa shape index (κ3) is 4.46. The number of phenols is 1. The van der Waals surface area contributed by atoms with E-state index in [9.17, 15) is 19.8 Å². The number of aliphatic hydroxyl groups is 1. The van der Waals surface area contributed by atoms with E-state index in [1.54, 1.807) is 57.2 Å². The van der Waals surface area contributed by atoms with Gasteiger partial charge in [0.1, 0.15) is 5.75 Å². The maximum Gasteiger partial charge on any atom is 0.294 e. The molecule has 9 heteroatoms. The first kappa shape index (κ1) is 24.3. The molecule has 3 aromatic rings. The van der Waals surface area contributed by atoms with Gasteiger partial charge in [0, 0.05) is 11.8 Å². The van der Waals surface area contributed by atoms with Crippen LogP contribution in [0.15, 0.2) is 53.8 Å². The SMILES string of the molecule is CCOc1cccc(N2C(=O)C(O)=C(C(=O)c3sc(C)nc3C)C2c2ccc(O)c(OCC)c2)c1. The Hall–Kier alpha value is -3.85. The lowest BCUT2D eigenvalue weighted by atomic mass is 9.94. The third-order valence-corrected chi connectivity index (χ3v) is 6.64. The average Bonchev–Trinajstić information content (AvgIpc) is 3.30. The summed E-state index contributed by atoms with van der Waals surface area (Å²) >= 11 is 1.21. The number of amides is 1. The van der Waals surface area contributed by atoms with E-state index < -0.39 is 23.5 Å². The van der Waals surface area contributed by atoms with E-state index in [2.05, 4.69) is 4.98 Å². The van der Waals surface area contributed by atoms with Crippen molar-refractivity contribution in [3.05, 3.63) is 74.9 Å². The predicted molar refractivity (Wildman–Crippen MR) is 133 cm³/mol. The molecule has 0 fully saturated rings. The summed E-state index contributed by atoms with van der Waals surface area (Å²) in [5, 5.41) is 21.9. The molecule has 182 valence electrons. The number of thiazole rings is 1. The number of aryl methyl sites for hydroxylation is 2. The number of carbonyl (C=O) groups excluding carboxylic acids is 2. The molecular formula is C26H26N2O6S. The van der Waals surface area contributed by atoms with Crippen LogP contribution in [0.1, 0.15) is 45.8 Å². The Kier molecular flexibility index (Phi) is 6.79. The molecule has 1 aliphatic rings. The summed E-state index contributed by atoms with van der Waals surface area (Å²) in [5.74, 6) is -1.12. The second-order valence-electron chi connectivity index (χ2n) is 7.91. The van der Waals surface area contributed by atoms with Crippen LogP contribution in [0.25, 0.3) is 0 Å². The van der Waals surface area contributed by atoms with Crippen molar-refractivity contribution in [3.63, 3.8) is 0 Å². The van der Waals surface area contributed by atoms with E-state index in [1.165, 1.54) is 22.3 Å². The second kappa shape index (κ2) is 9.79. The van der Waals surface area contributed by atoms with Gasteiger partial charge in [-0.25, -0.2) is 4.98 Å². The lowest BCUT2D eigenvalue weighted by molar-refractivity contribution is -0.117. The molecule has 2 aromatic carbocycles. The topological polar surface area (TPSA) is 109 Å². The zero-order chi connectivity index (χ0) is 25.3. The van der Waals surface area contributed by atoms with Gasteiger partial charge in [-0.3, -0.25) is 14.5 Å². The molecule has 0 bridgehead atoms. The van der Waals surface area contributed by atoms with Crippen LogP contribution in [0, 0.1) is 13.8 Å². The van der Waals surface area contributed by atoms with Gasteiger partial charge in [0.15, 0.2) is 17.3 Å². The molecule has 1 unspecified atom stereocenters. The third-order valence-electron chi connectivity index (χ3n) is 5.57. The molecule has 8 nitrogen and oxygen atoms in total. The van der Waals surface area contributed by atoms with Crippen molar-refractivity contribution < 1.29 is 29.3 Å². The summed E-state index contributed by atoms with van der Waals surface area (Å²) < 4.78 is 11.1. The van der Waals surface area contributed by atoms with Crippen LogP contribution in [0.4, 0.5) is 5.69 Å². The van der Waals surface area contributed by atoms with Gasteiger partial charge in [-0.15, -0.1) is 11.3 Å². The van der Waals surface area contributed by atoms with Crippen molar-refractivity contribution in [1.29, 1.82) is 0 Å². The van der Waals surface area contributed by atoms with Gasteiger partial charge in [0.2, 0.25) is 5.78 Å². The Morgan fingerprint density at radius 3 is 2.49 bits per heavy atom. The highest BCUT2D eigenvalue weighted by Crippen LogP contribution is 2.45. The number of phenolic OH excluding ortho intramolecular Hbond substituents is 1. The van der Waals surface area contributed by atoms with E-state index in [1.807, 2.05) is 6.92 Å². The lowest BCUT2D eigenvalue weighted by Gasteiger charge is -2.27. The maximum atomic E-state index is 13.7. The fraction of sp³-hybridized carbons (Fsp3) is 0.269. The van der Waals surface area contributed by atoms with Crippen LogP contribution in [0.3, 0.4) is 0 Å². The standard InChI is InChI=1S/C26H26N2O6S/c1-5-33-18-9-7-8-17(13-18)28-22(16-10-11-19(29)20(12-16)34-6-2)21(24(31)26(28)32)23(30)25-14(3)27-15(4)35-25/h7-13,22,29,31H,5-6H2,1-4H3. The molecular weight excluding hydrogens is 468 g/mol. The quantitative estimate of drug-likeness (QED) is 0.422. The van der Waals surface area contributed by atoms with E-state index in [4.69, 9.17) is 9.47 Å². The van der Waals surface area contributed by atoms with Crippen molar-refractivity contribution in [3.8, 4) is 17.2 Å². The molecule has 4 rings (SSSR count). The number of carbonyl (C=O) groups is 2. The number of benzene rings is 2. The molecule has 1 atom stereocenters. The molecule has 1 amide bonds. The van der Waals surface area contributed by atoms with Crippen molar-refractivity contribution in [2.45, 2.75) is 33.7 Å². The van der Waals surface area contributed by atoms with Crippen molar-refractivity contribution in [2.24, 2.45) is 0 Å². The van der Waals surface area contributed by atoms with E-state index in [0.29, 0.717) is 45.8 Å². The zero-order valence-corrected chi connectivity index (χ0v) is 20.7. The van der Waals surface area contributed by atoms with Crippen molar-refractivity contribution in [1.82, 2.24) is 4.98 Å². The number of ketones is 1. The van der Waals surface area contributed by atoms with Gasteiger partial charge in [0.25, 0.3) is 5.91 Å².